The van der Waals surface area contributed by atoms with E-state index in [2.05, 4.69) is 32.0 Å². The molecule has 1 rings (SSSR count). The van der Waals surface area contributed by atoms with E-state index in [0.717, 1.165) is 5.92 Å². The van der Waals surface area contributed by atoms with Crippen LogP contribution in [0.5, 0.6) is 0 Å². The molecule has 88 valence electrons. The molecule has 0 aromatic rings. The minimum Gasteiger partial charge on any atom is -0.309 e. The first-order valence-electron chi connectivity index (χ1n) is 6.51. The van der Waals surface area contributed by atoms with Crippen molar-refractivity contribution in [1.29, 1.82) is 0 Å². The molecule has 0 saturated carbocycles. The van der Waals surface area contributed by atoms with E-state index in [1.807, 2.05) is 0 Å². The zero-order valence-electron chi connectivity index (χ0n) is 10.8. The Labute approximate surface area is 95.5 Å². The van der Waals surface area contributed by atoms with Gasteiger partial charge < -0.3 is 4.90 Å². The van der Waals surface area contributed by atoms with Crippen LogP contribution < -0.4 is 0 Å². The van der Waals surface area contributed by atoms with Gasteiger partial charge in [-0.15, -0.1) is 0 Å². The van der Waals surface area contributed by atoms with E-state index in [1.54, 1.807) is 5.57 Å². The second-order valence-corrected chi connectivity index (χ2v) is 5.34. The van der Waals surface area contributed by atoms with Crippen LogP contribution in [0.4, 0.5) is 0 Å². The average molecular weight is 209 g/mol. The van der Waals surface area contributed by atoms with Crippen molar-refractivity contribution in [3.8, 4) is 0 Å². The van der Waals surface area contributed by atoms with E-state index in [1.165, 1.54) is 51.5 Å². The Balaban J connectivity index is 2.12. The maximum Gasteiger partial charge on any atom is -0.00247 e. The molecule has 0 fully saturated rings. The van der Waals surface area contributed by atoms with Gasteiger partial charge in [-0.25, -0.2) is 0 Å². The third kappa shape index (κ3) is 5.99. The van der Waals surface area contributed by atoms with E-state index in [4.69, 9.17) is 0 Å². The highest BCUT2D eigenvalue weighted by Gasteiger charge is 2.08. The van der Waals surface area contributed by atoms with E-state index in [9.17, 15) is 0 Å². The number of allylic oxidation sites excluding steroid dienone is 2. The molecule has 0 heterocycles. The van der Waals surface area contributed by atoms with E-state index in [0.29, 0.717) is 0 Å². The molecule has 0 aromatic heterocycles. The Bertz CT molecular complexity index is 194. The molecule has 1 nitrogen and oxygen atoms in total. The Kier molecular flexibility index (Phi) is 6.00. The summed E-state index contributed by atoms with van der Waals surface area (Å²) in [7, 11) is 4.32. The van der Waals surface area contributed by atoms with Crippen molar-refractivity contribution in [1.82, 2.24) is 4.90 Å². The molecule has 0 bridgehead atoms. The van der Waals surface area contributed by atoms with Crippen LogP contribution in [0, 0.1) is 5.92 Å². The van der Waals surface area contributed by atoms with Crippen molar-refractivity contribution in [2.45, 2.75) is 51.9 Å². The SMILES string of the molecule is CC1CCC=C(CCCCN(C)C)CC1. The van der Waals surface area contributed by atoms with Gasteiger partial charge in [-0.2, -0.15) is 0 Å². The fraction of sp³-hybridized carbons (Fsp3) is 0.857. The summed E-state index contributed by atoms with van der Waals surface area (Å²) in [4.78, 5) is 2.28. The first kappa shape index (κ1) is 12.8. The molecule has 0 N–H and O–H groups in total. The number of nitrogens with zero attached hydrogens (tertiary/aromatic N) is 1. The Morgan fingerprint density at radius 2 is 2.07 bits per heavy atom. The van der Waals surface area contributed by atoms with Gasteiger partial charge in [0.2, 0.25) is 0 Å². The number of hydrogen-bond acceptors (Lipinski definition) is 1. The van der Waals surface area contributed by atoms with Crippen LogP contribution in [-0.2, 0) is 0 Å². The molecule has 1 heteroatoms. The predicted molar refractivity (Wildman–Crippen MR) is 68.1 cm³/mol. The average Bonchev–Trinajstić information content (AvgIpc) is 2.38. The monoisotopic (exact) mass is 209 g/mol. The van der Waals surface area contributed by atoms with Crippen molar-refractivity contribution in [2.24, 2.45) is 5.92 Å². The largest absolute Gasteiger partial charge is 0.309 e. The van der Waals surface area contributed by atoms with Crippen LogP contribution >= 0.6 is 0 Å². The molecule has 1 unspecified atom stereocenters. The summed E-state index contributed by atoms with van der Waals surface area (Å²) < 4.78 is 0. The lowest BCUT2D eigenvalue weighted by atomic mass is 10.00. The van der Waals surface area contributed by atoms with Gasteiger partial charge in [0.15, 0.2) is 0 Å². The third-order valence-corrected chi connectivity index (χ3v) is 3.40. The second-order valence-electron chi connectivity index (χ2n) is 5.34. The zero-order chi connectivity index (χ0) is 11.1. The van der Waals surface area contributed by atoms with Gasteiger partial charge in [-0.1, -0.05) is 18.6 Å². The van der Waals surface area contributed by atoms with Crippen LogP contribution in [0.1, 0.15) is 51.9 Å². The maximum absolute atomic E-state index is 2.51. The summed E-state index contributed by atoms with van der Waals surface area (Å²) in [6, 6.07) is 0. The van der Waals surface area contributed by atoms with Crippen LogP contribution in [0.25, 0.3) is 0 Å². The Hall–Kier alpha value is -0.300. The van der Waals surface area contributed by atoms with E-state index < -0.39 is 0 Å². The van der Waals surface area contributed by atoms with Gasteiger partial charge in [-0.3, -0.25) is 0 Å². The normalized spacial score (nSPS) is 22.7. The zero-order valence-corrected chi connectivity index (χ0v) is 10.8. The van der Waals surface area contributed by atoms with Crippen LogP contribution in [0.3, 0.4) is 0 Å². The number of rotatable bonds is 5. The first-order chi connectivity index (χ1) is 7.18. The topological polar surface area (TPSA) is 3.24 Å². The minimum absolute atomic E-state index is 0.945. The van der Waals surface area contributed by atoms with Crippen LogP contribution in [0.2, 0.25) is 0 Å². The Morgan fingerprint density at radius 3 is 2.80 bits per heavy atom. The number of hydrogen-bond donors (Lipinski definition) is 0. The fourth-order valence-corrected chi connectivity index (χ4v) is 2.26. The molecule has 0 radical (unpaired) electrons. The maximum atomic E-state index is 2.51. The van der Waals surface area contributed by atoms with Crippen molar-refractivity contribution >= 4 is 0 Å². The minimum atomic E-state index is 0.945. The molecule has 0 aromatic carbocycles. The van der Waals surface area contributed by atoms with Gasteiger partial charge in [-0.05, 0) is 71.5 Å². The quantitative estimate of drug-likeness (QED) is 0.491. The summed E-state index contributed by atoms with van der Waals surface area (Å²) in [5.41, 5.74) is 1.73. The van der Waals surface area contributed by atoms with Gasteiger partial charge in [0, 0.05) is 0 Å². The summed E-state index contributed by atoms with van der Waals surface area (Å²) in [5.74, 6) is 0.945. The van der Waals surface area contributed by atoms with E-state index in [-0.39, 0.29) is 0 Å². The smallest absolute Gasteiger partial charge is 0.00247 e. The molecule has 0 saturated heterocycles. The lowest BCUT2D eigenvalue weighted by Crippen LogP contribution is -2.12. The number of unbranched alkanes of at least 4 members (excludes halogenated alkanes) is 1. The molecule has 1 aliphatic carbocycles. The summed E-state index contributed by atoms with van der Waals surface area (Å²) >= 11 is 0. The first-order valence-corrected chi connectivity index (χ1v) is 6.51. The molecule has 0 amide bonds. The fourth-order valence-electron chi connectivity index (χ4n) is 2.26. The summed E-state index contributed by atoms with van der Waals surface area (Å²) in [5, 5.41) is 0. The third-order valence-electron chi connectivity index (χ3n) is 3.40. The van der Waals surface area contributed by atoms with Crippen molar-refractivity contribution < 1.29 is 0 Å². The lowest BCUT2D eigenvalue weighted by Gasteiger charge is -2.10. The molecule has 0 aliphatic heterocycles. The molecule has 1 atom stereocenters. The lowest BCUT2D eigenvalue weighted by molar-refractivity contribution is 0.393. The highest BCUT2D eigenvalue weighted by atomic mass is 15.0. The van der Waals surface area contributed by atoms with Gasteiger partial charge in [0.1, 0.15) is 0 Å². The van der Waals surface area contributed by atoms with E-state index >= 15 is 0 Å². The molecular weight excluding hydrogens is 182 g/mol. The second kappa shape index (κ2) is 7.05. The Morgan fingerprint density at radius 1 is 1.27 bits per heavy atom. The highest BCUT2D eigenvalue weighted by Crippen LogP contribution is 2.25. The van der Waals surface area contributed by atoms with Crippen LogP contribution in [-0.4, -0.2) is 25.5 Å². The van der Waals surface area contributed by atoms with Gasteiger partial charge >= 0.3 is 0 Å². The van der Waals surface area contributed by atoms with Crippen molar-refractivity contribution in [2.75, 3.05) is 20.6 Å². The molecule has 1 aliphatic rings. The summed E-state index contributed by atoms with van der Waals surface area (Å²) in [6.07, 6.45) is 12.1. The molecule has 0 spiro atoms. The highest BCUT2D eigenvalue weighted by molar-refractivity contribution is 5.04. The molecule has 15 heavy (non-hydrogen) atoms. The van der Waals surface area contributed by atoms with Crippen LogP contribution in [0.15, 0.2) is 11.6 Å². The standard InChI is InChI=1S/C14H27N/c1-13-7-6-9-14(11-10-13)8-4-5-12-15(2)3/h9,13H,4-8,10-12H2,1-3H3. The van der Waals surface area contributed by atoms with Crippen molar-refractivity contribution in [3.05, 3.63) is 11.6 Å². The van der Waals surface area contributed by atoms with Gasteiger partial charge in [0.05, 0.1) is 0 Å². The molecular formula is C14H27N. The van der Waals surface area contributed by atoms with Crippen molar-refractivity contribution in [3.63, 3.8) is 0 Å². The van der Waals surface area contributed by atoms with Gasteiger partial charge in [0.25, 0.3) is 0 Å². The summed E-state index contributed by atoms with van der Waals surface area (Å²) in [6.45, 7) is 3.63. The predicted octanol–water partition coefficient (Wildman–Crippen LogP) is 3.85.